The Bertz CT molecular complexity index is 825. The van der Waals surface area contributed by atoms with E-state index in [-0.39, 0.29) is 11.8 Å². The molecule has 1 aliphatic rings. The van der Waals surface area contributed by atoms with Gasteiger partial charge < -0.3 is 5.32 Å². The van der Waals surface area contributed by atoms with Gasteiger partial charge in [0.05, 0.1) is 6.26 Å². The molecule has 0 spiro atoms. The van der Waals surface area contributed by atoms with Gasteiger partial charge in [0.1, 0.15) is 0 Å². The first-order valence-corrected chi connectivity index (χ1v) is 10.2. The number of piperidine rings is 1. The zero-order valence-electron chi connectivity index (χ0n) is 14.2. The van der Waals surface area contributed by atoms with Gasteiger partial charge in [0.25, 0.3) is 0 Å². The lowest BCUT2D eigenvalue weighted by molar-refractivity contribution is -0.120. The summed E-state index contributed by atoms with van der Waals surface area (Å²) >= 11 is 0. The SMILES string of the molecule is CS(=O)(=O)N1CCC(C(=O)Nc2ccc(-c3ccccc3)cc2)CC1. The first-order valence-electron chi connectivity index (χ1n) is 8.35. The molecule has 0 radical (unpaired) electrons. The molecule has 0 aliphatic carbocycles. The Morgan fingerprint density at radius 3 is 2.08 bits per heavy atom. The van der Waals surface area contributed by atoms with E-state index in [1.807, 2.05) is 54.6 Å². The fraction of sp³-hybridized carbons (Fsp3) is 0.316. The maximum atomic E-state index is 12.4. The third kappa shape index (κ3) is 4.46. The van der Waals surface area contributed by atoms with Gasteiger partial charge in [0.2, 0.25) is 15.9 Å². The van der Waals surface area contributed by atoms with Crippen LogP contribution >= 0.6 is 0 Å². The average Bonchev–Trinajstić information content (AvgIpc) is 2.62. The van der Waals surface area contributed by atoms with Crippen molar-refractivity contribution >= 4 is 21.6 Å². The van der Waals surface area contributed by atoms with Crippen LogP contribution in [0.15, 0.2) is 54.6 Å². The molecule has 0 saturated carbocycles. The van der Waals surface area contributed by atoms with Gasteiger partial charge in [-0.05, 0) is 36.1 Å². The lowest BCUT2D eigenvalue weighted by atomic mass is 9.97. The minimum absolute atomic E-state index is 0.0411. The standard InChI is InChI=1S/C19H22N2O3S/c1-25(23,24)21-13-11-17(12-14-21)19(22)20-18-9-7-16(8-10-18)15-5-3-2-4-6-15/h2-10,17H,11-14H2,1H3,(H,20,22). The second kappa shape index (κ2) is 7.37. The number of rotatable bonds is 4. The highest BCUT2D eigenvalue weighted by molar-refractivity contribution is 7.88. The molecule has 0 unspecified atom stereocenters. The van der Waals surface area contributed by atoms with E-state index < -0.39 is 10.0 Å². The summed E-state index contributed by atoms with van der Waals surface area (Å²) in [5, 5.41) is 2.94. The van der Waals surface area contributed by atoms with E-state index in [2.05, 4.69) is 5.32 Å². The molecule has 0 bridgehead atoms. The molecule has 3 rings (SSSR count). The lowest BCUT2D eigenvalue weighted by Crippen LogP contribution is -2.40. The molecule has 5 nitrogen and oxygen atoms in total. The number of hydrogen-bond acceptors (Lipinski definition) is 3. The second-order valence-electron chi connectivity index (χ2n) is 6.37. The Kier molecular flexibility index (Phi) is 5.20. The quantitative estimate of drug-likeness (QED) is 0.914. The van der Waals surface area contributed by atoms with Gasteiger partial charge in [-0.25, -0.2) is 12.7 Å². The van der Waals surface area contributed by atoms with Crippen LogP contribution in [0.25, 0.3) is 11.1 Å². The minimum Gasteiger partial charge on any atom is -0.326 e. The summed E-state index contributed by atoms with van der Waals surface area (Å²) in [4.78, 5) is 12.4. The molecule has 1 N–H and O–H groups in total. The Morgan fingerprint density at radius 2 is 1.52 bits per heavy atom. The zero-order valence-corrected chi connectivity index (χ0v) is 15.0. The Balaban J connectivity index is 1.59. The Hall–Kier alpha value is -2.18. The van der Waals surface area contributed by atoms with Gasteiger partial charge in [0.15, 0.2) is 0 Å². The number of nitrogens with zero attached hydrogens (tertiary/aromatic N) is 1. The van der Waals surface area contributed by atoms with E-state index in [9.17, 15) is 13.2 Å². The zero-order chi connectivity index (χ0) is 17.9. The fourth-order valence-electron chi connectivity index (χ4n) is 3.07. The number of anilines is 1. The van der Waals surface area contributed by atoms with Gasteiger partial charge in [-0.2, -0.15) is 0 Å². The summed E-state index contributed by atoms with van der Waals surface area (Å²) in [5.41, 5.74) is 2.99. The van der Waals surface area contributed by atoms with Crippen molar-refractivity contribution in [3.8, 4) is 11.1 Å². The molecule has 1 heterocycles. The summed E-state index contributed by atoms with van der Waals surface area (Å²) in [6.07, 6.45) is 2.32. The normalized spacial score (nSPS) is 16.5. The van der Waals surface area contributed by atoms with Crippen molar-refractivity contribution in [1.82, 2.24) is 4.31 Å². The maximum Gasteiger partial charge on any atom is 0.227 e. The number of benzene rings is 2. The summed E-state index contributed by atoms with van der Waals surface area (Å²) in [6.45, 7) is 0.813. The van der Waals surface area contributed by atoms with Gasteiger partial charge in [-0.15, -0.1) is 0 Å². The fourth-order valence-corrected chi connectivity index (χ4v) is 3.94. The molecule has 1 saturated heterocycles. The number of hydrogen-bond donors (Lipinski definition) is 1. The summed E-state index contributed by atoms with van der Waals surface area (Å²) < 4.78 is 24.5. The van der Waals surface area contributed by atoms with E-state index in [1.54, 1.807) is 0 Å². The third-order valence-electron chi connectivity index (χ3n) is 4.55. The van der Waals surface area contributed by atoms with Crippen LogP contribution in [-0.2, 0) is 14.8 Å². The molecular weight excluding hydrogens is 336 g/mol. The summed E-state index contributed by atoms with van der Waals surface area (Å²) in [6, 6.07) is 17.8. The van der Waals surface area contributed by atoms with Crippen molar-refractivity contribution in [2.45, 2.75) is 12.8 Å². The van der Waals surface area contributed by atoms with Crippen LogP contribution in [0.4, 0.5) is 5.69 Å². The van der Waals surface area contributed by atoms with Crippen molar-refractivity contribution < 1.29 is 13.2 Å². The van der Waals surface area contributed by atoms with Gasteiger partial charge >= 0.3 is 0 Å². The Labute approximate surface area is 148 Å². The first kappa shape index (κ1) is 17.6. The predicted octanol–water partition coefficient (Wildman–Crippen LogP) is 2.96. The highest BCUT2D eigenvalue weighted by Gasteiger charge is 2.28. The van der Waals surface area contributed by atoms with E-state index in [4.69, 9.17) is 0 Å². The molecule has 1 aliphatic heterocycles. The molecular formula is C19H22N2O3S. The van der Waals surface area contributed by atoms with Crippen LogP contribution in [0.3, 0.4) is 0 Å². The molecule has 2 aromatic carbocycles. The molecule has 0 atom stereocenters. The number of nitrogens with one attached hydrogen (secondary N) is 1. The van der Waals surface area contributed by atoms with E-state index in [0.29, 0.717) is 25.9 Å². The van der Waals surface area contributed by atoms with Crippen molar-refractivity contribution in [3.63, 3.8) is 0 Å². The number of amides is 1. The Morgan fingerprint density at radius 1 is 0.960 bits per heavy atom. The van der Waals surface area contributed by atoms with Crippen LogP contribution in [-0.4, -0.2) is 38.0 Å². The van der Waals surface area contributed by atoms with Crippen molar-refractivity contribution in [2.24, 2.45) is 5.92 Å². The van der Waals surface area contributed by atoms with E-state index in [1.165, 1.54) is 10.6 Å². The van der Waals surface area contributed by atoms with Crippen LogP contribution in [0.1, 0.15) is 12.8 Å². The number of carbonyl (C=O) groups is 1. The van der Waals surface area contributed by atoms with Gasteiger partial charge in [-0.1, -0.05) is 42.5 Å². The first-order chi connectivity index (χ1) is 11.9. The van der Waals surface area contributed by atoms with Crippen LogP contribution in [0.2, 0.25) is 0 Å². The molecule has 1 amide bonds. The van der Waals surface area contributed by atoms with Crippen LogP contribution in [0.5, 0.6) is 0 Å². The minimum atomic E-state index is -3.16. The van der Waals surface area contributed by atoms with Gasteiger partial charge in [0, 0.05) is 24.7 Å². The molecule has 132 valence electrons. The topological polar surface area (TPSA) is 66.5 Å². The number of sulfonamides is 1. The third-order valence-corrected chi connectivity index (χ3v) is 5.86. The largest absolute Gasteiger partial charge is 0.326 e. The van der Waals surface area contributed by atoms with Crippen molar-refractivity contribution in [2.75, 3.05) is 24.7 Å². The van der Waals surface area contributed by atoms with Crippen molar-refractivity contribution in [1.29, 1.82) is 0 Å². The second-order valence-corrected chi connectivity index (χ2v) is 8.35. The predicted molar refractivity (Wildman–Crippen MR) is 99.6 cm³/mol. The highest BCUT2D eigenvalue weighted by Crippen LogP contribution is 2.23. The molecule has 25 heavy (non-hydrogen) atoms. The lowest BCUT2D eigenvalue weighted by Gasteiger charge is -2.29. The summed E-state index contributed by atoms with van der Waals surface area (Å²) in [7, 11) is -3.16. The van der Waals surface area contributed by atoms with Crippen LogP contribution in [0, 0.1) is 5.92 Å². The van der Waals surface area contributed by atoms with Crippen LogP contribution < -0.4 is 5.32 Å². The summed E-state index contributed by atoms with van der Waals surface area (Å²) in [5.74, 6) is -0.188. The average molecular weight is 358 g/mol. The smallest absolute Gasteiger partial charge is 0.227 e. The monoisotopic (exact) mass is 358 g/mol. The highest BCUT2D eigenvalue weighted by atomic mass is 32.2. The molecule has 0 aromatic heterocycles. The van der Waals surface area contributed by atoms with E-state index in [0.717, 1.165) is 16.8 Å². The maximum absolute atomic E-state index is 12.4. The molecule has 2 aromatic rings. The van der Waals surface area contributed by atoms with Gasteiger partial charge in [-0.3, -0.25) is 4.79 Å². The van der Waals surface area contributed by atoms with E-state index >= 15 is 0 Å². The molecule has 6 heteroatoms. The number of carbonyl (C=O) groups excluding carboxylic acids is 1. The molecule has 1 fully saturated rings. The van der Waals surface area contributed by atoms with Crippen molar-refractivity contribution in [3.05, 3.63) is 54.6 Å².